The monoisotopic (exact) mass is 298 g/mol. The van der Waals surface area contributed by atoms with Gasteiger partial charge in [-0.05, 0) is 49.4 Å². The molecule has 0 bridgehead atoms. The second-order valence-electron chi connectivity index (χ2n) is 8.11. The van der Waals surface area contributed by atoms with Crippen LogP contribution in [0.1, 0.15) is 42.5 Å². The Balaban J connectivity index is 2.49. The molecule has 0 aromatic heterocycles. The summed E-state index contributed by atoms with van der Waals surface area (Å²) in [5.41, 5.74) is 7.52. The molecule has 0 aliphatic heterocycles. The van der Waals surface area contributed by atoms with Gasteiger partial charge in [0.15, 0.2) is 0 Å². The molecule has 0 spiro atoms. The molecule has 2 rings (SSSR count). The van der Waals surface area contributed by atoms with E-state index in [0.717, 1.165) is 6.42 Å². The van der Waals surface area contributed by atoms with Gasteiger partial charge in [-0.15, -0.1) is 0 Å². The van der Waals surface area contributed by atoms with E-state index in [1.54, 1.807) is 10.8 Å². The third-order valence-electron chi connectivity index (χ3n) is 5.11. The number of rotatable bonds is 3. The fourth-order valence-corrected chi connectivity index (χ4v) is 4.88. The Labute approximate surface area is 132 Å². The molecule has 1 aliphatic carbocycles. The van der Waals surface area contributed by atoms with Crippen LogP contribution >= 0.6 is 0 Å². The predicted molar refractivity (Wildman–Crippen MR) is 97.8 cm³/mol. The van der Waals surface area contributed by atoms with Crippen LogP contribution in [-0.2, 0) is 5.41 Å². The summed E-state index contributed by atoms with van der Waals surface area (Å²) >= 11 is 0. The summed E-state index contributed by atoms with van der Waals surface area (Å²) in [6, 6.07) is 4.53. The first-order chi connectivity index (χ1) is 9.55. The van der Waals surface area contributed by atoms with Crippen LogP contribution in [0.3, 0.4) is 0 Å². The predicted octanol–water partition coefficient (Wildman–Crippen LogP) is 6.02. The number of hydrogen-bond acceptors (Lipinski definition) is 0. The summed E-state index contributed by atoms with van der Waals surface area (Å²) in [6.45, 7) is 18.9. The van der Waals surface area contributed by atoms with Crippen molar-refractivity contribution in [2.45, 2.75) is 66.1 Å². The Morgan fingerprint density at radius 3 is 2.05 bits per heavy atom. The van der Waals surface area contributed by atoms with Crippen LogP contribution in [0.4, 0.5) is 0 Å². The quantitative estimate of drug-likeness (QED) is 0.598. The Bertz CT molecular complexity index is 622. The zero-order valence-corrected chi connectivity index (χ0v) is 16.0. The normalized spacial score (nSPS) is 16.0. The van der Waals surface area contributed by atoms with Gasteiger partial charge in [-0.2, -0.15) is 0 Å². The summed E-state index contributed by atoms with van der Waals surface area (Å²) in [4.78, 5) is 0. The SMILES string of the molecule is Cc1ccc(C)c(C(C)(C)C2=CC([Si](C)(C)C)=CC2)c1C. The third kappa shape index (κ3) is 2.94. The third-order valence-corrected chi connectivity index (χ3v) is 7.19. The lowest BCUT2D eigenvalue weighted by molar-refractivity contribution is 0.604. The van der Waals surface area contributed by atoms with Gasteiger partial charge in [-0.3, -0.25) is 0 Å². The average molecular weight is 299 g/mol. The minimum absolute atomic E-state index is 0.123. The summed E-state index contributed by atoms with van der Waals surface area (Å²) in [7, 11) is -1.20. The number of allylic oxidation sites excluding steroid dienone is 4. The fraction of sp³-hybridized carbons (Fsp3) is 0.500. The first-order valence-corrected chi connectivity index (χ1v) is 11.5. The van der Waals surface area contributed by atoms with E-state index in [1.165, 1.54) is 22.3 Å². The standard InChI is InChI=1S/C20H30Si/c1-14-9-10-15(2)19(16(14)3)20(4,5)17-11-12-18(13-17)21(6,7)8/h9-10,12-13H,11H2,1-8H3. The van der Waals surface area contributed by atoms with Crippen LogP contribution in [0.2, 0.25) is 19.6 Å². The van der Waals surface area contributed by atoms with Gasteiger partial charge in [0.2, 0.25) is 0 Å². The molecule has 1 heteroatoms. The zero-order chi connectivity index (χ0) is 16.0. The van der Waals surface area contributed by atoms with Crippen LogP contribution in [0.25, 0.3) is 0 Å². The van der Waals surface area contributed by atoms with Crippen LogP contribution in [0.15, 0.2) is 35.1 Å². The lowest BCUT2D eigenvalue weighted by Gasteiger charge is -2.32. The molecule has 1 aromatic carbocycles. The van der Waals surface area contributed by atoms with Crippen molar-refractivity contribution < 1.29 is 0 Å². The van der Waals surface area contributed by atoms with Gasteiger partial charge in [-0.25, -0.2) is 0 Å². The van der Waals surface area contributed by atoms with Gasteiger partial charge in [0.1, 0.15) is 0 Å². The molecule has 114 valence electrons. The van der Waals surface area contributed by atoms with Gasteiger partial charge >= 0.3 is 0 Å². The molecule has 21 heavy (non-hydrogen) atoms. The van der Waals surface area contributed by atoms with E-state index in [1.807, 2.05) is 0 Å². The average Bonchev–Trinajstić information content (AvgIpc) is 2.84. The minimum Gasteiger partial charge on any atom is -0.0812 e. The molecular formula is C20H30Si. The molecule has 0 radical (unpaired) electrons. The van der Waals surface area contributed by atoms with Gasteiger partial charge < -0.3 is 0 Å². The van der Waals surface area contributed by atoms with Crippen molar-refractivity contribution in [1.29, 1.82) is 0 Å². The fourth-order valence-electron chi connectivity index (χ4n) is 3.56. The highest BCUT2D eigenvalue weighted by Gasteiger charge is 2.32. The van der Waals surface area contributed by atoms with Crippen molar-refractivity contribution in [2.24, 2.45) is 0 Å². The molecular weight excluding hydrogens is 268 g/mol. The highest BCUT2D eigenvalue weighted by molar-refractivity contribution is 6.83. The molecule has 1 aliphatic rings. The number of benzene rings is 1. The van der Waals surface area contributed by atoms with Crippen molar-refractivity contribution in [1.82, 2.24) is 0 Å². The molecule has 0 saturated heterocycles. The van der Waals surface area contributed by atoms with E-state index in [0.29, 0.717) is 0 Å². The summed E-state index contributed by atoms with van der Waals surface area (Å²) in [5.74, 6) is 0. The Morgan fingerprint density at radius 1 is 0.952 bits per heavy atom. The molecule has 1 aromatic rings. The molecule has 0 heterocycles. The first-order valence-electron chi connectivity index (χ1n) is 8.04. The van der Waals surface area contributed by atoms with Gasteiger partial charge in [0.25, 0.3) is 0 Å². The van der Waals surface area contributed by atoms with E-state index < -0.39 is 8.07 Å². The molecule has 0 nitrogen and oxygen atoms in total. The molecule has 0 atom stereocenters. The minimum atomic E-state index is -1.20. The van der Waals surface area contributed by atoms with Crippen LogP contribution in [-0.4, -0.2) is 8.07 Å². The van der Waals surface area contributed by atoms with E-state index >= 15 is 0 Å². The van der Waals surface area contributed by atoms with Crippen molar-refractivity contribution >= 4 is 8.07 Å². The summed E-state index contributed by atoms with van der Waals surface area (Å²) < 4.78 is 0. The number of aryl methyl sites for hydroxylation is 2. The van der Waals surface area contributed by atoms with E-state index in [-0.39, 0.29) is 5.41 Å². The maximum atomic E-state index is 2.51. The maximum absolute atomic E-state index is 2.51. The highest BCUT2D eigenvalue weighted by atomic mass is 28.3. The van der Waals surface area contributed by atoms with Gasteiger partial charge in [0, 0.05) is 5.41 Å². The summed E-state index contributed by atoms with van der Waals surface area (Å²) in [5, 5.41) is 1.62. The van der Waals surface area contributed by atoms with Crippen molar-refractivity contribution in [2.75, 3.05) is 0 Å². The van der Waals surface area contributed by atoms with Crippen LogP contribution in [0.5, 0.6) is 0 Å². The summed E-state index contributed by atoms with van der Waals surface area (Å²) in [6.07, 6.45) is 6.11. The molecule has 0 unspecified atom stereocenters. The second kappa shape index (κ2) is 5.28. The largest absolute Gasteiger partial charge is 0.0812 e. The van der Waals surface area contributed by atoms with E-state index in [4.69, 9.17) is 0 Å². The zero-order valence-electron chi connectivity index (χ0n) is 15.0. The smallest absolute Gasteiger partial charge is 0.0771 e. The van der Waals surface area contributed by atoms with Crippen molar-refractivity contribution in [3.63, 3.8) is 0 Å². The van der Waals surface area contributed by atoms with Crippen LogP contribution < -0.4 is 0 Å². The van der Waals surface area contributed by atoms with Crippen LogP contribution in [0, 0.1) is 20.8 Å². The Kier molecular flexibility index (Phi) is 4.09. The second-order valence-corrected chi connectivity index (χ2v) is 13.2. The highest BCUT2D eigenvalue weighted by Crippen LogP contribution is 2.42. The first kappa shape index (κ1) is 16.3. The topological polar surface area (TPSA) is 0 Å². The Morgan fingerprint density at radius 2 is 1.52 bits per heavy atom. The molecule has 0 saturated carbocycles. The van der Waals surface area contributed by atoms with Crippen molar-refractivity contribution in [3.8, 4) is 0 Å². The Hall–Kier alpha value is -1.08. The molecule has 0 amide bonds. The molecule has 0 fully saturated rings. The number of hydrogen-bond donors (Lipinski definition) is 0. The lowest BCUT2D eigenvalue weighted by Crippen LogP contribution is -2.24. The lowest BCUT2D eigenvalue weighted by atomic mass is 9.73. The molecule has 0 N–H and O–H groups in total. The maximum Gasteiger partial charge on any atom is 0.0771 e. The van der Waals surface area contributed by atoms with Gasteiger partial charge in [0.05, 0.1) is 8.07 Å². The van der Waals surface area contributed by atoms with Gasteiger partial charge in [-0.1, -0.05) is 68.5 Å². The van der Waals surface area contributed by atoms with E-state index in [2.05, 4.69) is 78.5 Å². The van der Waals surface area contributed by atoms with Crippen molar-refractivity contribution in [3.05, 3.63) is 57.3 Å². The van der Waals surface area contributed by atoms with E-state index in [9.17, 15) is 0 Å².